The summed E-state index contributed by atoms with van der Waals surface area (Å²) >= 11 is 0. The molecule has 0 unspecified atom stereocenters. The van der Waals surface area contributed by atoms with Crippen LogP contribution in [0.5, 0.6) is 0 Å². The van der Waals surface area contributed by atoms with Gasteiger partial charge in [-0.2, -0.15) is 13.2 Å². The first-order valence-corrected chi connectivity index (χ1v) is 7.87. The molecule has 142 valence electrons. The first-order valence-electron chi connectivity index (χ1n) is 7.87. The number of alkyl halides is 3. The highest BCUT2D eigenvalue weighted by Crippen LogP contribution is 2.15. The van der Waals surface area contributed by atoms with Gasteiger partial charge in [0.2, 0.25) is 0 Å². The molecule has 0 saturated carbocycles. The van der Waals surface area contributed by atoms with Gasteiger partial charge in [-0.3, -0.25) is 4.99 Å². The van der Waals surface area contributed by atoms with E-state index in [0.29, 0.717) is 24.6 Å². The first kappa shape index (κ1) is 19.7. The van der Waals surface area contributed by atoms with Crippen molar-refractivity contribution >= 4 is 5.96 Å². The highest BCUT2D eigenvalue weighted by Gasteiger charge is 2.27. The molecule has 10 heteroatoms. The van der Waals surface area contributed by atoms with Crippen LogP contribution in [-0.2, 0) is 31.5 Å². The number of aliphatic imine (C=N–C) groups is 1. The zero-order chi connectivity index (χ0) is 19.0. The summed E-state index contributed by atoms with van der Waals surface area (Å²) in [6.45, 7) is -0.328. The van der Waals surface area contributed by atoms with Crippen LogP contribution in [0.15, 0.2) is 35.6 Å². The lowest BCUT2D eigenvalue weighted by atomic mass is 10.1. The van der Waals surface area contributed by atoms with Crippen molar-refractivity contribution in [2.24, 2.45) is 12.0 Å². The van der Waals surface area contributed by atoms with Gasteiger partial charge in [0, 0.05) is 20.6 Å². The zero-order valence-corrected chi connectivity index (χ0v) is 14.5. The summed E-state index contributed by atoms with van der Waals surface area (Å²) in [5, 5.41) is 14.1. The lowest BCUT2D eigenvalue weighted by Crippen LogP contribution is -2.36. The fourth-order valence-corrected chi connectivity index (χ4v) is 2.07. The third-order valence-electron chi connectivity index (χ3n) is 3.46. The molecule has 0 radical (unpaired) electrons. The number of aromatic nitrogens is 3. The van der Waals surface area contributed by atoms with E-state index >= 15 is 0 Å². The number of hydrogen-bond donors (Lipinski definition) is 2. The highest BCUT2D eigenvalue weighted by atomic mass is 19.4. The van der Waals surface area contributed by atoms with Crippen LogP contribution in [0, 0.1) is 0 Å². The van der Waals surface area contributed by atoms with Crippen molar-refractivity contribution in [2.45, 2.75) is 25.9 Å². The number of benzene rings is 1. The predicted molar refractivity (Wildman–Crippen MR) is 90.2 cm³/mol. The summed E-state index contributed by atoms with van der Waals surface area (Å²) < 4.78 is 42.6. The molecular formula is C16H21F3N6O. The molecule has 0 saturated heterocycles. The number of halogens is 3. The van der Waals surface area contributed by atoms with Crippen molar-refractivity contribution in [3.8, 4) is 0 Å². The molecule has 0 atom stereocenters. The monoisotopic (exact) mass is 370 g/mol. The molecule has 0 amide bonds. The van der Waals surface area contributed by atoms with E-state index < -0.39 is 12.8 Å². The van der Waals surface area contributed by atoms with E-state index in [0.717, 1.165) is 11.4 Å². The largest absolute Gasteiger partial charge is 0.411 e. The molecule has 1 aromatic carbocycles. The van der Waals surface area contributed by atoms with Crippen LogP contribution < -0.4 is 10.6 Å². The van der Waals surface area contributed by atoms with Crippen LogP contribution >= 0.6 is 0 Å². The van der Waals surface area contributed by atoms with Crippen LogP contribution in [0.1, 0.15) is 17.0 Å². The third kappa shape index (κ3) is 6.71. The Morgan fingerprint density at radius 2 is 1.81 bits per heavy atom. The van der Waals surface area contributed by atoms with Gasteiger partial charge in [0.1, 0.15) is 12.9 Å². The zero-order valence-electron chi connectivity index (χ0n) is 14.5. The molecule has 0 aliphatic rings. The molecule has 0 aliphatic carbocycles. The Labute approximate surface area is 149 Å². The molecule has 2 N–H and O–H groups in total. The number of nitrogens with one attached hydrogen (secondary N) is 2. The van der Waals surface area contributed by atoms with E-state index in [-0.39, 0.29) is 6.61 Å². The summed E-state index contributed by atoms with van der Waals surface area (Å²) in [7, 11) is 3.51. The number of nitrogens with zero attached hydrogens (tertiary/aromatic N) is 4. The van der Waals surface area contributed by atoms with Crippen molar-refractivity contribution in [3.05, 3.63) is 47.5 Å². The molecule has 1 heterocycles. The second-order valence-corrected chi connectivity index (χ2v) is 5.56. The maximum atomic E-state index is 12.0. The SMILES string of the molecule is CN=C(NCc1ccc(COCC(F)(F)F)cc1)NCc1nncn1C. The fraction of sp³-hybridized carbons (Fsp3) is 0.438. The Bertz CT molecular complexity index is 712. The standard InChI is InChI=1S/C16H21F3N6O/c1-20-15(22-8-14-24-23-11-25(14)2)21-7-12-3-5-13(6-4-12)9-26-10-16(17,18)19/h3-6,11H,7-10H2,1-2H3,(H2,20,21,22). The minimum atomic E-state index is -4.31. The van der Waals surface area contributed by atoms with Crippen molar-refractivity contribution in [1.82, 2.24) is 25.4 Å². The smallest absolute Gasteiger partial charge is 0.367 e. The van der Waals surface area contributed by atoms with E-state index in [1.54, 1.807) is 30.1 Å². The van der Waals surface area contributed by atoms with Crippen molar-refractivity contribution < 1.29 is 17.9 Å². The average Bonchev–Trinajstić information content (AvgIpc) is 3.00. The summed E-state index contributed by atoms with van der Waals surface area (Å²) in [5.74, 6) is 1.38. The van der Waals surface area contributed by atoms with Gasteiger partial charge in [-0.1, -0.05) is 24.3 Å². The molecule has 7 nitrogen and oxygen atoms in total. The summed E-state index contributed by atoms with van der Waals surface area (Å²) in [5.41, 5.74) is 1.65. The van der Waals surface area contributed by atoms with E-state index in [4.69, 9.17) is 0 Å². The molecule has 0 bridgehead atoms. The van der Waals surface area contributed by atoms with Gasteiger partial charge in [-0.25, -0.2) is 0 Å². The molecule has 2 rings (SSSR count). The molecule has 1 aromatic heterocycles. The Balaban J connectivity index is 1.76. The minimum absolute atomic E-state index is 0.0753. The van der Waals surface area contributed by atoms with Gasteiger partial charge < -0.3 is 19.9 Å². The van der Waals surface area contributed by atoms with Gasteiger partial charge in [-0.05, 0) is 11.1 Å². The maximum absolute atomic E-state index is 12.0. The molecule has 2 aromatic rings. The Kier molecular flexibility index (Phi) is 6.96. The van der Waals surface area contributed by atoms with E-state index in [9.17, 15) is 13.2 Å². The summed E-state index contributed by atoms with van der Waals surface area (Å²) in [4.78, 5) is 4.12. The van der Waals surface area contributed by atoms with Gasteiger partial charge in [0.15, 0.2) is 11.8 Å². The second-order valence-electron chi connectivity index (χ2n) is 5.56. The lowest BCUT2D eigenvalue weighted by Gasteiger charge is -2.12. The van der Waals surface area contributed by atoms with Crippen LogP contribution in [-0.4, -0.2) is 40.6 Å². The van der Waals surface area contributed by atoms with Crippen LogP contribution in [0.3, 0.4) is 0 Å². The van der Waals surface area contributed by atoms with Crippen LogP contribution in [0.2, 0.25) is 0 Å². The quantitative estimate of drug-likeness (QED) is 0.574. The number of rotatable bonds is 7. The Morgan fingerprint density at radius 3 is 2.38 bits per heavy atom. The van der Waals surface area contributed by atoms with E-state index in [2.05, 4.69) is 30.6 Å². The predicted octanol–water partition coefficient (Wildman–Crippen LogP) is 1.76. The minimum Gasteiger partial charge on any atom is -0.367 e. The van der Waals surface area contributed by atoms with Gasteiger partial charge in [0.25, 0.3) is 0 Å². The fourth-order valence-electron chi connectivity index (χ4n) is 2.07. The molecule has 0 aliphatic heterocycles. The van der Waals surface area contributed by atoms with Gasteiger partial charge >= 0.3 is 6.18 Å². The number of hydrogen-bond acceptors (Lipinski definition) is 4. The van der Waals surface area contributed by atoms with Crippen molar-refractivity contribution in [2.75, 3.05) is 13.7 Å². The van der Waals surface area contributed by atoms with Gasteiger partial charge in [0.05, 0.1) is 13.2 Å². The second kappa shape index (κ2) is 9.18. The van der Waals surface area contributed by atoms with Crippen LogP contribution in [0.4, 0.5) is 13.2 Å². The maximum Gasteiger partial charge on any atom is 0.411 e. The molecule has 0 spiro atoms. The number of guanidine groups is 1. The average molecular weight is 370 g/mol. The number of aryl methyl sites for hydroxylation is 1. The highest BCUT2D eigenvalue weighted by molar-refractivity contribution is 5.79. The number of ether oxygens (including phenoxy) is 1. The third-order valence-corrected chi connectivity index (χ3v) is 3.46. The molecule has 0 fully saturated rings. The Hall–Kier alpha value is -2.62. The normalized spacial score (nSPS) is 12.3. The topological polar surface area (TPSA) is 76.4 Å². The Morgan fingerprint density at radius 1 is 1.15 bits per heavy atom. The summed E-state index contributed by atoms with van der Waals surface area (Å²) in [6, 6.07) is 7.14. The molecular weight excluding hydrogens is 349 g/mol. The van der Waals surface area contributed by atoms with Crippen LogP contribution in [0.25, 0.3) is 0 Å². The van der Waals surface area contributed by atoms with Crippen molar-refractivity contribution in [3.63, 3.8) is 0 Å². The summed E-state index contributed by atoms with van der Waals surface area (Å²) in [6.07, 6.45) is -2.69. The first-order chi connectivity index (χ1) is 12.4. The van der Waals surface area contributed by atoms with E-state index in [1.165, 1.54) is 0 Å². The van der Waals surface area contributed by atoms with E-state index in [1.807, 2.05) is 19.2 Å². The lowest BCUT2D eigenvalue weighted by molar-refractivity contribution is -0.176. The molecule has 26 heavy (non-hydrogen) atoms. The van der Waals surface area contributed by atoms with Crippen molar-refractivity contribution in [1.29, 1.82) is 0 Å². The van der Waals surface area contributed by atoms with Gasteiger partial charge in [-0.15, -0.1) is 10.2 Å².